The van der Waals surface area contributed by atoms with E-state index in [0.29, 0.717) is 11.6 Å². The average molecular weight is 238 g/mol. The molecule has 0 saturated heterocycles. The number of halogens is 1. The van der Waals surface area contributed by atoms with E-state index in [1.54, 1.807) is 11.8 Å². The molecular formula is C11H12ClN3O. The Morgan fingerprint density at radius 1 is 1.31 bits per heavy atom. The van der Waals surface area contributed by atoms with Crippen LogP contribution < -0.4 is 0 Å². The van der Waals surface area contributed by atoms with E-state index < -0.39 is 0 Å². The van der Waals surface area contributed by atoms with E-state index in [-0.39, 0.29) is 0 Å². The molecule has 0 bridgehead atoms. The predicted octanol–water partition coefficient (Wildman–Crippen LogP) is 2.38. The molecule has 0 atom stereocenters. The summed E-state index contributed by atoms with van der Waals surface area (Å²) >= 11 is 5.84. The molecule has 0 aliphatic heterocycles. The summed E-state index contributed by atoms with van der Waals surface area (Å²) < 4.78 is 6.84. The van der Waals surface area contributed by atoms with Crippen LogP contribution in [0.4, 0.5) is 0 Å². The average Bonchev–Trinajstić information content (AvgIpc) is 2.61. The van der Waals surface area contributed by atoms with Crippen molar-refractivity contribution < 1.29 is 4.74 Å². The Hall–Kier alpha value is -1.39. The molecule has 0 amide bonds. The first-order valence-corrected chi connectivity index (χ1v) is 5.26. The zero-order valence-electron chi connectivity index (χ0n) is 9.14. The number of ether oxygens (including phenoxy) is 1. The Morgan fingerprint density at radius 2 is 2.00 bits per heavy atom. The number of aromatic nitrogens is 3. The summed E-state index contributed by atoms with van der Waals surface area (Å²) in [5.41, 5.74) is 0.928. The first kappa shape index (κ1) is 11.1. The highest BCUT2D eigenvalue weighted by atomic mass is 35.5. The second kappa shape index (κ2) is 4.63. The van der Waals surface area contributed by atoms with Gasteiger partial charge in [-0.2, -0.15) is 5.10 Å². The van der Waals surface area contributed by atoms with Gasteiger partial charge >= 0.3 is 0 Å². The molecule has 0 radical (unpaired) electrons. The Kier molecular flexibility index (Phi) is 3.22. The van der Waals surface area contributed by atoms with Gasteiger partial charge in [0.2, 0.25) is 0 Å². The first-order chi connectivity index (χ1) is 7.70. The van der Waals surface area contributed by atoms with Crippen LogP contribution in [0.3, 0.4) is 0 Å². The molecule has 0 unspecified atom stereocenters. The van der Waals surface area contributed by atoms with Crippen molar-refractivity contribution in [2.24, 2.45) is 0 Å². The van der Waals surface area contributed by atoms with Crippen molar-refractivity contribution in [1.29, 1.82) is 0 Å². The van der Waals surface area contributed by atoms with Gasteiger partial charge in [-0.05, 0) is 31.2 Å². The molecule has 0 saturated carbocycles. The van der Waals surface area contributed by atoms with Crippen molar-refractivity contribution in [3.8, 4) is 5.69 Å². The highest BCUT2D eigenvalue weighted by molar-refractivity contribution is 6.30. The van der Waals surface area contributed by atoms with Gasteiger partial charge in [-0.3, -0.25) is 0 Å². The van der Waals surface area contributed by atoms with Crippen LogP contribution in [0.1, 0.15) is 11.6 Å². The number of nitrogens with zero attached hydrogens (tertiary/aromatic N) is 3. The molecule has 5 heteroatoms. The standard InChI is InChI=1S/C11H12ClN3O/c1-8-13-11(7-16-2)15(14-8)10-5-3-9(12)4-6-10/h3-6H,7H2,1-2H3. The molecule has 1 heterocycles. The molecule has 0 aliphatic carbocycles. The number of benzene rings is 1. The number of hydrogen-bond acceptors (Lipinski definition) is 3. The molecule has 0 N–H and O–H groups in total. The lowest BCUT2D eigenvalue weighted by molar-refractivity contribution is 0.176. The molecule has 1 aromatic heterocycles. The number of methoxy groups -OCH3 is 1. The highest BCUT2D eigenvalue weighted by Crippen LogP contribution is 2.14. The van der Waals surface area contributed by atoms with E-state index in [2.05, 4.69) is 10.1 Å². The predicted molar refractivity (Wildman–Crippen MR) is 61.8 cm³/mol. The van der Waals surface area contributed by atoms with Gasteiger partial charge in [0, 0.05) is 12.1 Å². The van der Waals surface area contributed by atoms with Crippen molar-refractivity contribution in [3.05, 3.63) is 40.9 Å². The van der Waals surface area contributed by atoms with Crippen LogP contribution in [0.2, 0.25) is 5.02 Å². The third kappa shape index (κ3) is 2.23. The van der Waals surface area contributed by atoms with Gasteiger partial charge < -0.3 is 4.74 Å². The minimum absolute atomic E-state index is 0.434. The fraction of sp³-hybridized carbons (Fsp3) is 0.273. The largest absolute Gasteiger partial charge is 0.377 e. The van der Waals surface area contributed by atoms with E-state index in [1.165, 1.54) is 0 Å². The number of hydrogen-bond donors (Lipinski definition) is 0. The van der Waals surface area contributed by atoms with Crippen LogP contribution in [0.25, 0.3) is 5.69 Å². The first-order valence-electron chi connectivity index (χ1n) is 4.88. The van der Waals surface area contributed by atoms with Crippen molar-refractivity contribution >= 4 is 11.6 Å². The molecule has 0 fully saturated rings. The van der Waals surface area contributed by atoms with Gasteiger partial charge in [0.05, 0.1) is 5.69 Å². The SMILES string of the molecule is COCc1nc(C)nn1-c1ccc(Cl)cc1. The summed E-state index contributed by atoms with van der Waals surface area (Å²) in [7, 11) is 1.64. The second-order valence-corrected chi connectivity index (χ2v) is 3.83. The van der Waals surface area contributed by atoms with E-state index in [0.717, 1.165) is 17.3 Å². The Balaban J connectivity index is 2.42. The van der Waals surface area contributed by atoms with Crippen LogP contribution in [-0.4, -0.2) is 21.9 Å². The summed E-state index contributed by atoms with van der Waals surface area (Å²) in [6.45, 7) is 2.29. The van der Waals surface area contributed by atoms with Crippen LogP contribution in [-0.2, 0) is 11.3 Å². The summed E-state index contributed by atoms with van der Waals surface area (Å²) in [5, 5.41) is 5.01. The molecule has 1 aromatic carbocycles. The Bertz CT molecular complexity index is 478. The molecule has 16 heavy (non-hydrogen) atoms. The highest BCUT2D eigenvalue weighted by Gasteiger charge is 2.08. The van der Waals surface area contributed by atoms with Crippen molar-refractivity contribution in [3.63, 3.8) is 0 Å². The third-order valence-electron chi connectivity index (χ3n) is 2.12. The monoisotopic (exact) mass is 237 g/mol. The fourth-order valence-corrected chi connectivity index (χ4v) is 1.60. The van der Waals surface area contributed by atoms with E-state index in [9.17, 15) is 0 Å². The maximum atomic E-state index is 5.84. The van der Waals surface area contributed by atoms with Crippen molar-refractivity contribution in [2.45, 2.75) is 13.5 Å². The summed E-state index contributed by atoms with van der Waals surface area (Å²) in [5.74, 6) is 1.50. The smallest absolute Gasteiger partial charge is 0.158 e. The van der Waals surface area contributed by atoms with Gasteiger partial charge in [0.25, 0.3) is 0 Å². The third-order valence-corrected chi connectivity index (χ3v) is 2.38. The zero-order valence-corrected chi connectivity index (χ0v) is 9.90. The lowest BCUT2D eigenvalue weighted by atomic mass is 10.3. The van der Waals surface area contributed by atoms with Crippen LogP contribution in [0.15, 0.2) is 24.3 Å². The number of aryl methyl sites for hydroxylation is 1. The van der Waals surface area contributed by atoms with Crippen LogP contribution >= 0.6 is 11.6 Å². The maximum absolute atomic E-state index is 5.84. The lowest BCUT2D eigenvalue weighted by Gasteiger charge is -2.04. The van der Waals surface area contributed by atoms with Crippen molar-refractivity contribution in [2.75, 3.05) is 7.11 Å². The molecule has 2 rings (SSSR count). The van der Waals surface area contributed by atoms with Crippen LogP contribution in [0.5, 0.6) is 0 Å². The summed E-state index contributed by atoms with van der Waals surface area (Å²) in [6.07, 6.45) is 0. The van der Waals surface area contributed by atoms with Gasteiger partial charge in [-0.1, -0.05) is 11.6 Å². The lowest BCUT2D eigenvalue weighted by Crippen LogP contribution is -2.03. The number of rotatable bonds is 3. The molecular weight excluding hydrogens is 226 g/mol. The minimum atomic E-state index is 0.434. The van der Waals surface area contributed by atoms with Gasteiger partial charge in [-0.15, -0.1) is 0 Å². The van der Waals surface area contributed by atoms with E-state index >= 15 is 0 Å². The van der Waals surface area contributed by atoms with Crippen molar-refractivity contribution in [1.82, 2.24) is 14.8 Å². The summed E-state index contributed by atoms with van der Waals surface area (Å²) in [6, 6.07) is 7.44. The zero-order chi connectivity index (χ0) is 11.5. The molecule has 0 spiro atoms. The Labute approximate surface area is 98.8 Å². The van der Waals surface area contributed by atoms with E-state index in [1.807, 2.05) is 31.2 Å². The van der Waals surface area contributed by atoms with Gasteiger partial charge in [-0.25, -0.2) is 9.67 Å². The minimum Gasteiger partial charge on any atom is -0.377 e. The molecule has 4 nitrogen and oxygen atoms in total. The molecule has 0 aliphatic rings. The second-order valence-electron chi connectivity index (χ2n) is 3.40. The van der Waals surface area contributed by atoms with E-state index in [4.69, 9.17) is 16.3 Å². The molecule has 2 aromatic rings. The quantitative estimate of drug-likeness (QED) is 0.823. The summed E-state index contributed by atoms with van der Waals surface area (Å²) in [4.78, 5) is 4.29. The van der Waals surface area contributed by atoms with Gasteiger partial charge in [0.1, 0.15) is 12.4 Å². The molecule has 84 valence electrons. The maximum Gasteiger partial charge on any atom is 0.158 e. The fourth-order valence-electron chi connectivity index (χ4n) is 1.47. The Morgan fingerprint density at radius 3 is 2.62 bits per heavy atom. The van der Waals surface area contributed by atoms with Crippen LogP contribution in [0, 0.1) is 6.92 Å². The van der Waals surface area contributed by atoms with Gasteiger partial charge in [0.15, 0.2) is 5.82 Å². The topological polar surface area (TPSA) is 39.9 Å². The normalized spacial score (nSPS) is 10.7.